The van der Waals surface area contributed by atoms with E-state index in [0.717, 1.165) is 42.9 Å². The van der Waals surface area contributed by atoms with E-state index >= 15 is 0 Å². The first kappa shape index (κ1) is 26.6. The Morgan fingerprint density at radius 3 is 2.37 bits per heavy atom. The van der Waals surface area contributed by atoms with Gasteiger partial charge in [-0.3, -0.25) is 18.7 Å². The number of carbonyl (C=O) groups is 1. The van der Waals surface area contributed by atoms with Crippen molar-refractivity contribution < 1.29 is 17.6 Å². The van der Waals surface area contributed by atoms with Crippen molar-refractivity contribution in [1.82, 2.24) is 19.4 Å². The van der Waals surface area contributed by atoms with E-state index < -0.39 is 38.9 Å². The number of sulfone groups is 1. The van der Waals surface area contributed by atoms with Crippen LogP contribution < -0.4 is 16.6 Å². The second kappa shape index (κ2) is 10.6. The summed E-state index contributed by atoms with van der Waals surface area (Å²) >= 11 is 1.82. The van der Waals surface area contributed by atoms with Crippen molar-refractivity contribution in [3.63, 3.8) is 0 Å². The Bertz CT molecular complexity index is 1600. The van der Waals surface area contributed by atoms with E-state index in [1.165, 1.54) is 16.7 Å². The highest BCUT2D eigenvalue weighted by Crippen LogP contribution is 2.30. The van der Waals surface area contributed by atoms with Crippen LogP contribution in [-0.4, -0.2) is 52.2 Å². The number of pyridine rings is 1. The summed E-state index contributed by atoms with van der Waals surface area (Å²) in [6.45, 7) is 0. The van der Waals surface area contributed by atoms with Crippen LogP contribution in [0.4, 0.5) is 4.39 Å². The molecular weight excluding hydrogens is 531 g/mol. The molecule has 0 unspecified atom stereocenters. The lowest BCUT2D eigenvalue weighted by Gasteiger charge is -2.31. The Balaban J connectivity index is 1.41. The van der Waals surface area contributed by atoms with E-state index in [-0.39, 0.29) is 33.6 Å². The topological polar surface area (TPSA) is 120 Å². The molecule has 1 saturated heterocycles. The molecule has 2 aliphatic rings. The minimum Gasteiger partial charge on any atom is -0.349 e. The summed E-state index contributed by atoms with van der Waals surface area (Å²) in [5.74, 6) is 0.682. The highest BCUT2D eigenvalue weighted by molar-refractivity contribution is 7.99. The fourth-order valence-electron chi connectivity index (χ4n) is 5.52. The van der Waals surface area contributed by atoms with E-state index in [9.17, 15) is 27.2 Å². The molecule has 2 aromatic heterocycles. The average Bonchev–Trinajstić information content (AvgIpc) is 2.90. The monoisotopic (exact) mass is 560 g/mol. The molecule has 0 radical (unpaired) electrons. The quantitative estimate of drug-likeness (QED) is 0.509. The molecule has 1 amide bonds. The van der Waals surface area contributed by atoms with Gasteiger partial charge < -0.3 is 5.32 Å². The number of amides is 1. The van der Waals surface area contributed by atoms with Crippen LogP contribution in [-0.2, 0) is 9.84 Å². The molecule has 1 aliphatic heterocycles. The van der Waals surface area contributed by atoms with Crippen LogP contribution in [0, 0.1) is 5.82 Å². The van der Waals surface area contributed by atoms with Crippen molar-refractivity contribution in [1.29, 1.82) is 0 Å². The third-order valence-electron chi connectivity index (χ3n) is 7.41. The van der Waals surface area contributed by atoms with Crippen LogP contribution in [0.5, 0.6) is 0 Å². The van der Waals surface area contributed by atoms with Gasteiger partial charge in [0.2, 0.25) is 0 Å². The molecule has 1 aromatic carbocycles. The van der Waals surface area contributed by atoms with Crippen molar-refractivity contribution in [2.24, 2.45) is 0 Å². The van der Waals surface area contributed by atoms with Crippen molar-refractivity contribution >= 4 is 38.5 Å². The SMILES string of the molecule is CS(=O)(=O)c1ccccc1C(=O)NC1CCC(n2c(=O)c3cc(F)cnc3n(C3CCSCC3)c2=O)CC1. The lowest BCUT2D eigenvalue weighted by Crippen LogP contribution is -2.46. The van der Waals surface area contributed by atoms with E-state index in [1.807, 2.05) is 11.8 Å². The van der Waals surface area contributed by atoms with E-state index in [2.05, 4.69) is 10.3 Å². The molecule has 0 bridgehead atoms. The third-order valence-corrected chi connectivity index (χ3v) is 9.61. The summed E-state index contributed by atoms with van der Waals surface area (Å²) in [5.41, 5.74) is -0.660. The predicted molar refractivity (Wildman–Crippen MR) is 144 cm³/mol. The van der Waals surface area contributed by atoms with Gasteiger partial charge in [-0.15, -0.1) is 0 Å². The summed E-state index contributed by atoms with van der Waals surface area (Å²) in [5, 5.41) is 3.01. The van der Waals surface area contributed by atoms with Crippen molar-refractivity contribution in [2.45, 2.75) is 61.5 Å². The van der Waals surface area contributed by atoms with Crippen LogP contribution in [0.3, 0.4) is 0 Å². The van der Waals surface area contributed by atoms with Crippen LogP contribution >= 0.6 is 11.8 Å². The normalized spacial score (nSPS) is 20.9. The summed E-state index contributed by atoms with van der Waals surface area (Å²) in [7, 11) is -3.58. The van der Waals surface area contributed by atoms with Gasteiger partial charge in [0.05, 0.1) is 22.0 Å². The Morgan fingerprint density at radius 2 is 1.68 bits per heavy atom. The Kier molecular flexibility index (Phi) is 7.45. The zero-order valence-corrected chi connectivity index (χ0v) is 22.6. The first-order valence-electron chi connectivity index (χ1n) is 12.6. The maximum absolute atomic E-state index is 14.1. The highest BCUT2D eigenvalue weighted by Gasteiger charge is 2.30. The smallest absolute Gasteiger partial charge is 0.333 e. The number of nitrogens with zero attached hydrogens (tertiary/aromatic N) is 3. The molecule has 0 atom stereocenters. The highest BCUT2D eigenvalue weighted by atomic mass is 32.2. The summed E-state index contributed by atoms with van der Waals surface area (Å²) < 4.78 is 41.1. The van der Waals surface area contributed by atoms with E-state index in [4.69, 9.17) is 0 Å². The number of halogens is 1. The lowest BCUT2D eigenvalue weighted by molar-refractivity contribution is 0.0918. The zero-order valence-electron chi connectivity index (χ0n) is 20.9. The molecule has 0 spiro atoms. The van der Waals surface area contributed by atoms with Gasteiger partial charge in [-0.05, 0) is 68.2 Å². The van der Waals surface area contributed by atoms with Crippen molar-refractivity contribution in [3.05, 3.63) is 68.7 Å². The number of hydrogen-bond donors (Lipinski definition) is 1. The molecule has 9 nitrogen and oxygen atoms in total. The second-order valence-corrected chi connectivity index (χ2v) is 13.2. The molecule has 1 aliphatic carbocycles. The second-order valence-electron chi connectivity index (χ2n) is 9.94. The van der Waals surface area contributed by atoms with E-state index in [0.29, 0.717) is 25.7 Å². The van der Waals surface area contributed by atoms with Crippen LogP contribution in [0.15, 0.2) is 51.0 Å². The number of benzene rings is 1. The largest absolute Gasteiger partial charge is 0.349 e. The van der Waals surface area contributed by atoms with Gasteiger partial charge in [0, 0.05) is 24.4 Å². The number of nitrogens with one attached hydrogen (secondary N) is 1. The molecule has 5 rings (SSSR count). The van der Waals surface area contributed by atoms with Gasteiger partial charge in [-0.2, -0.15) is 11.8 Å². The number of hydrogen-bond acceptors (Lipinski definition) is 7. The van der Waals surface area contributed by atoms with E-state index in [1.54, 1.807) is 16.7 Å². The van der Waals surface area contributed by atoms with Gasteiger partial charge in [0.15, 0.2) is 9.84 Å². The first-order chi connectivity index (χ1) is 18.1. The van der Waals surface area contributed by atoms with Crippen molar-refractivity contribution in [2.75, 3.05) is 17.8 Å². The minimum absolute atomic E-state index is 0.0311. The molecule has 3 heterocycles. The molecule has 3 aromatic rings. The number of fused-ring (bicyclic) bond motifs is 1. The number of thioether (sulfide) groups is 1. The number of aromatic nitrogens is 3. The zero-order chi connectivity index (χ0) is 27.0. The lowest BCUT2D eigenvalue weighted by atomic mass is 9.90. The molecule has 12 heteroatoms. The summed E-state index contributed by atoms with van der Waals surface area (Å²) in [6.07, 6.45) is 5.56. The Labute approximate surface area is 223 Å². The fourth-order valence-corrected chi connectivity index (χ4v) is 7.49. The van der Waals surface area contributed by atoms with Crippen molar-refractivity contribution in [3.8, 4) is 0 Å². The Morgan fingerprint density at radius 1 is 1.03 bits per heavy atom. The van der Waals surface area contributed by atoms with Gasteiger partial charge in [0.25, 0.3) is 11.5 Å². The minimum atomic E-state index is -3.58. The maximum atomic E-state index is 14.1. The predicted octanol–water partition coefficient (Wildman–Crippen LogP) is 3.08. The average molecular weight is 561 g/mol. The van der Waals surface area contributed by atoms with Gasteiger partial charge in [0.1, 0.15) is 11.5 Å². The fraction of sp³-hybridized carbons (Fsp3) is 0.462. The first-order valence-corrected chi connectivity index (χ1v) is 15.7. The molecule has 1 N–H and O–H groups in total. The molecule has 202 valence electrons. The number of rotatable bonds is 5. The molecule has 2 fully saturated rings. The summed E-state index contributed by atoms with van der Waals surface area (Å²) in [4.78, 5) is 44.2. The van der Waals surface area contributed by atoms with Gasteiger partial charge in [-0.1, -0.05) is 12.1 Å². The van der Waals surface area contributed by atoms with Crippen LogP contribution in [0.25, 0.3) is 11.0 Å². The molecular formula is C26H29FN4O5S2. The summed E-state index contributed by atoms with van der Waals surface area (Å²) in [6, 6.07) is 6.47. The molecule has 1 saturated carbocycles. The Hall–Kier alpha value is -2.99. The van der Waals surface area contributed by atoms with Gasteiger partial charge in [-0.25, -0.2) is 22.6 Å². The molecule has 38 heavy (non-hydrogen) atoms. The van der Waals surface area contributed by atoms with Crippen LogP contribution in [0.2, 0.25) is 0 Å². The van der Waals surface area contributed by atoms with Crippen LogP contribution in [0.1, 0.15) is 61.0 Å². The number of carbonyl (C=O) groups excluding carboxylic acids is 1. The standard InChI is InChI=1S/C26H29FN4O5S2/c1-38(35,36)22-5-3-2-4-20(22)24(32)29-17-6-8-18(9-7-17)31-25(33)21-14-16(27)15-28-23(21)30(26(31)34)19-10-12-37-13-11-19/h2-5,14-15,17-19H,6-13H2,1H3,(H,29,32). The van der Waals surface area contributed by atoms with Gasteiger partial charge >= 0.3 is 5.69 Å². The maximum Gasteiger partial charge on any atom is 0.333 e. The third kappa shape index (κ3) is 5.15.